The molecule has 6 heteroatoms. The third kappa shape index (κ3) is 7.89. The van der Waals surface area contributed by atoms with Crippen molar-refractivity contribution in [3.05, 3.63) is 315 Å². The van der Waals surface area contributed by atoms with Crippen molar-refractivity contribution in [3.63, 3.8) is 0 Å². The first kappa shape index (κ1) is 49.6. The van der Waals surface area contributed by atoms with Crippen molar-refractivity contribution in [1.82, 2.24) is 28.2 Å². The second-order valence-electron chi connectivity index (χ2n) is 22.9. The predicted molar refractivity (Wildman–Crippen MR) is 367 cm³/mol. The SMILES string of the molecule is c1ccc(-c2cc(-c3ccccc3)nc(-c3cc(-n4c5ccccc5c5cc(-c6ccc7c8ccccc8n(-c8ccccc8)c7c6)ccc54)cc(-n4c5ccccc5c5cc(-c6ccc7c8ccccc8n(-c8ccccc8)c7c6)ccc54)c3)n2)cc1. The molecular formula is C82H52N6. The van der Waals surface area contributed by atoms with E-state index in [1.54, 1.807) is 0 Å². The van der Waals surface area contributed by atoms with E-state index in [-0.39, 0.29) is 0 Å². The van der Waals surface area contributed by atoms with Gasteiger partial charge in [-0.05, 0) is 131 Å². The van der Waals surface area contributed by atoms with Gasteiger partial charge in [0.15, 0.2) is 5.82 Å². The molecule has 0 spiro atoms. The molecule has 0 aliphatic heterocycles. The highest BCUT2D eigenvalue weighted by atomic mass is 15.0. The molecule has 0 saturated heterocycles. The summed E-state index contributed by atoms with van der Waals surface area (Å²) in [6.45, 7) is 0. The lowest BCUT2D eigenvalue weighted by molar-refractivity contribution is 1.12. The van der Waals surface area contributed by atoms with E-state index >= 15 is 0 Å². The number of benzene rings is 13. The first-order chi connectivity index (χ1) is 43.6. The van der Waals surface area contributed by atoms with Crippen molar-refractivity contribution in [2.45, 2.75) is 0 Å². The molecule has 0 N–H and O–H groups in total. The van der Waals surface area contributed by atoms with E-state index in [0.29, 0.717) is 5.82 Å². The van der Waals surface area contributed by atoms with Crippen molar-refractivity contribution in [2.24, 2.45) is 0 Å². The molecule has 0 aliphatic carbocycles. The smallest absolute Gasteiger partial charge is 0.160 e. The molecule has 6 nitrogen and oxygen atoms in total. The van der Waals surface area contributed by atoms with E-state index in [1.807, 2.05) is 0 Å². The van der Waals surface area contributed by atoms with E-state index < -0.39 is 0 Å². The molecule has 410 valence electrons. The summed E-state index contributed by atoms with van der Waals surface area (Å²) in [5.41, 5.74) is 22.7. The molecule has 18 rings (SSSR count). The molecule has 5 aromatic heterocycles. The number of hydrogen-bond donors (Lipinski definition) is 0. The summed E-state index contributed by atoms with van der Waals surface area (Å²) in [5, 5.41) is 9.63. The maximum atomic E-state index is 5.47. The summed E-state index contributed by atoms with van der Waals surface area (Å²) in [6.07, 6.45) is 0. The zero-order chi connectivity index (χ0) is 57.8. The van der Waals surface area contributed by atoms with E-state index in [0.717, 1.165) is 95.1 Å². The van der Waals surface area contributed by atoms with Gasteiger partial charge in [0.05, 0.1) is 55.5 Å². The van der Waals surface area contributed by atoms with Crippen molar-refractivity contribution < 1.29 is 0 Å². The predicted octanol–water partition coefficient (Wildman–Crippen LogP) is 21.2. The van der Waals surface area contributed by atoms with Crippen LogP contribution in [0.4, 0.5) is 0 Å². The average Bonchev–Trinajstić information content (AvgIpc) is 1.88. The van der Waals surface area contributed by atoms with Gasteiger partial charge in [-0.25, -0.2) is 9.97 Å². The van der Waals surface area contributed by atoms with Crippen LogP contribution in [0.1, 0.15) is 0 Å². The van der Waals surface area contributed by atoms with Crippen molar-refractivity contribution in [3.8, 4) is 78.9 Å². The third-order valence-electron chi connectivity index (χ3n) is 17.9. The van der Waals surface area contributed by atoms with Gasteiger partial charge >= 0.3 is 0 Å². The number of hydrogen-bond acceptors (Lipinski definition) is 2. The fraction of sp³-hybridized carbons (Fsp3) is 0. The second kappa shape index (κ2) is 19.9. The Bertz CT molecular complexity index is 5440. The van der Waals surface area contributed by atoms with Crippen LogP contribution in [0.3, 0.4) is 0 Å². The minimum Gasteiger partial charge on any atom is -0.309 e. The first-order valence-electron chi connectivity index (χ1n) is 30.0. The minimum absolute atomic E-state index is 0.640. The number of aromatic nitrogens is 6. The molecule has 0 aliphatic rings. The van der Waals surface area contributed by atoms with Crippen LogP contribution >= 0.6 is 0 Å². The first-order valence-corrected chi connectivity index (χ1v) is 30.0. The lowest BCUT2D eigenvalue weighted by Crippen LogP contribution is -2.02. The Morgan fingerprint density at radius 2 is 0.477 bits per heavy atom. The normalized spacial score (nSPS) is 11.9. The zero-order valence-corrected chi connectivity index (χ0v) is 47.7. The van der Waals surface area contributed by atoms with Crippen LogP contribution in [0, 0.1) is 0 Å². The molecular weight excluding hydrogens is 1070 g/mol. The topological polar surface area (TPSA) is 45.5 Å². The highest BCUT2D eigenvalue weighted by Crippen LogP contribution is 2.43. The average molecular weight is 1120 g/mol. The Morgan fingerprint density at radius 1 is 0.170 bits per heavy atom. The van der Waals surface area contributed by atoms with Gasteiger partial charge in [-0.15, -0.1) is 0 Å². The maximum absolute atomic E-state index is 5.47. The summed E-state index contributed by atoms with van der Waals surface area (Å²) in [4.78, 5) is 10.9. The number of para-hydroxylation sites is 6. The van der Waals surface area contributed by atoms with Crippen LogP contribution in [0.25, 0.3) is 166 Å². The molecule has 0 amide bonds. The van der Waals surface area contributed by atoms with Gasteiger partial charge < -0.3 is 18.3 Å². The fourth-order valence-corrected chi connectivity index (χ4v) is 13.9. The molecule has 13 aromatic carbocycles. The quantitative estimate of drug-likeness (QED) is 0.145. The minimum atomic E-state index is 0.640. The zero-order valence-electron chi connectivity index (χ0n) is 47.7. The van der Waals surface area contributed by atoms with Gasteiger partial charge in [-0.3, -0.25) is 0 Å². The summed E-state index contributed by atoms with van der Waals surface area (Å²) in [5.74, 6) is 0.640. The van der Waals surface area contributed by atoms with Gasteiger partial charge in [-0.1, -0.05) is 206 Å². The summed E-state index contributed by atoms with van der Waals surface area (Å²) >= 11 is 0. The molecule has 88 heavy (non-hydrogen) atoms. The van der Waals surface area contributed by atoms with Crippen LogP contribution in [-0.4, -0.2) is 28.2 Å². The van der Waals surface area contributed by atoms with E-state index in [4.69, 9.17) is 9.97 Å². The highest BCUT2D eigenvalue weighted by Gasteiger charge is 2.22. The molecule has 0 atom stereocenters. The van der Waals surface area contributed by atoms with E-state index in [1.165, 1.54) is 65.2 Å². The summed E-state index contributed by atoms with van der Waals surface area (Å²) in [6, 6.07) is 114. The number of fused-ring (bicyclic) bond motifs is 12. The monoisotopic (exact) mass is 1120 g/mol. The lowest BCUT2D eigenvalue weighted by atomic mass is 10.0. The van der Waals surface area contributed by atoms with Crippen molar-refractivity contribution in [1.29, 1.82) is 0 Å². The van der Waals surface area contributed by atoms with Crippen LogP contribution in [0.5, 0.6) is 0 Å². The number of nitrogens with zero attached hydrogens (tertiary/aromatic N) is 6. The van der Waals surface area contributed by atoms with Crippen LogP contribution in [0.2, 0.25) is 0 Å². The van der Waals surface area contributed by atoms with Crippen molar-refractivity contribution >= 4 is 87.2 Å². The summed E-state index contributed by atoms with van der Waals surface area (Å²) < 4.78 is 9.67. The van der Waals surface area contributed by atoms with Crippen LogP contribution in [-0.2, 0) is 0 Å². The Labute approximate surface area is 507 Å². The fourth-order valence-electron chi connectivity index (χ4n) is 13.9. The molecule has 0 radical (unpaired) electrons. The van der Waals surface area contributed by atoms with Gasteiger partial charge in [0.2, 0.25) is 0 Å². The van der Waals surface area contributed by atoms with Crippen molar-refractivity contribution in [2.75, 3.05) is 0 Å². The molecule has 0 bridgehead atoms. The molecule has 0 unspecified atom stereocenters. The van der Waals surface area contributed by atoms with Crippen LogP contribution in [0.15, 0.2) is 315 Å². The lowest BCUT2D eigenvalue weighted by Gasteiger charge is -2.16. The molecule has 0 fully saturated rings. The highest BCUT2D eigenvalue weighted by molar-refractivity contribution is 6.15. The van der Waals surface area contributed by atoms with Gasteiger partial charge in [-0.2, -0.15) is 0 Å². The molecule has 0 saturated carbocycles. The molecule has 18 aromatic rings. The van der Waals surface area contributed by atoms with Gasteiger partial charge in [0, 0.05) is 82.5 Å². The Hall–Kier alpha value is -11.9. The van der Waals surface area contributed by atoms with Crippen LogP contribution < -0.4 is 0 Å². The maximum Gasteiger partial charge on any atom is 0.160 e. The summed E-state index contributed by atoms with van der Waals surface area (Å²) in [7, 11) is 0. The van der Waals surface area contributed by atoms with Gasteiger partial charge in [0.25, 0.3) is 0 Å². The number of rotatable bonds is 9. The molecule has 5 heterocycles. The Balaban J connectivity index is 0.850. The van der Waals surface area contributed by atoms with Gasteiger partial charge in [0.1, 0.15) is 0 Å². The largest absolute Gasteiger partial charge is 0.309 e. The standard InChI is InChI=1S/C82H52N6/c1-5-21-53(22-6-1)72-52-73(54-23-7-2-8-24-54)84-82(83-72)59-45-62(87-76-35-19-15-31-66(76)70-47-55(39-43-78(70)87)57-37-41-68-64-29-13-17-33-74(64)85(80(68)49-57)60-25-9-3-10-26-60)51-63(46-59)88-77-36-20-16-32-67(77)71-48-56(40-44-79(71)88)58-38-42-69-65-30-14-18-34-75(65)86(81(69)50-58)61-27-11-4-12-28-61/h1-52H. The second-order valence-corrected chi connectivity index (χ2v) is 22.9. The van der Waals surface area contributed by atoms with E-state index in [2.05, 4.69) is 334 Å². The van der Waals surface area contributed by atoms with E-state index in [9.17, 15) is 0 Å². The Kier molecular flexibility index (Phi) is 11.2. The Morgan fingerprint density at radius 3 is 0.886 bits per heavy atom. The third-order valence-corrected chi connectivity index (χ3v) is 17.9.